The van der Waals surface area contributed by atoms with Gasteiger partial charge in [-0.15, -0.1) is 20.4 Å². The van der Waals surface area contributed by atoms with Crippen molar-refractivity contribution in [3.63, 3.8) is 0 Å². The predicted molar refractivity (Wildman–Crippen MR) is 149 cm³/mol. The summed E-state index contributed by atoms with van der Waals surface area (Å²) < 4.78 is 2.20. The van der Waals surface area contributed by atoms with Crippen LogP contribution in [0.5, 0.6) is 0 Å². The molecule has 0 saturated heterocycles. The van der Waals surface area contributed by atoms with Gasteiger partial charge in [-0.05, 0) is 42.4 Å². The Morgan fingerprint density at radius 3 is 2.08 bits per heavy atom. The topological polar surface area (TPSA) is 75.5 Å². The number of nitrogens with one attached hydrogen (secondary N) is 1. The van der Waals surface area contributed by atoms with Crippen molar-refractivity contribution in [1.29, 1.82) is 0 Å². The van der Waals surface area contributed by atoms with E-state index >= 15 is 0 Å². The molecule has 0 fully saturated rings. The van der Waals surface area contributed by atoms with Crippen molar-refractivity contribution in [3.05, 3.63) is 132 Å². The summed E-state index contributed by atoms with van der Waals surface area (Å²) in [6.07, 6.45) is 7.80. The molecule has 7 nitrogen and oxygen atoms in total. The summed E-state index contributed by atoms with van der Waals surface area (Å²) in [5, 5.41) is 17.0. The minimum Gasteiger partial charge on any atom is -0.330 e. The minimum absolute atomic E-state index is 0.311. The van der Waals surface area contributed by atoms with Crippen molar-refractivity contribution >= 4 is 0 Å². The van der Waals surface area contributed by atoms with Gasteiger partial charge in [-0.3, -0.25) is 4.90 Å². The largest absolute Gasteiger partial charge is 0.330 e. The van der Waals surface area contributed by atoms with Crippen LogP contribution in [0.3, 0.4) is 0 Å². The summed E-state index contributed by atoms with van der Waals surface area (Å²) >= 11 is 0. The van der Waals surface area contributed by atoms with Gasteiger partial charge in [-0.2, -0.15) is 0 Å². The van der Waals surface area contributed by atoms with Gasteiger partial charge in [0, 0.05) is 19.0 Å². The maximum Gasteiger partial charge on any atom is 0.147 e. The van der Waals surface area contributed by atoms with Crippen LogP contribution in [0.2, 0.25) is 0 Å². The van der Waals surface area contributed by atoms with E-state index in [2.05, 4.69) is 126 Å². The molecule has 2 heterocycles. The standard InChI is InChI=1S/C31H35N7/c1-4-12-26(13-5-1)14-10-11-20-38-25-34-36-31(38)23-37(22-30-32-24-33-35-30)21-19-29(27-15-6-2-7-16-27)28-17-8-3-9-18-28/h1-9,12-13,15-18,24-25,29H,10-11,14,19-23H2,(H,32,33,35). The molecule has 1 N–H and O–H groups in total. The Morgan fingerprint density at radius 2 is 1.42 bits per heavy atom. The van der Waals surface area contributed by atoms with Crippen LogP contribution in [0.15, 0.2) is 104 Å². The fraction of sp³-hybridized carbons (Fsp3) is 0.290. The van der Waals surface area contributed by atoms with Crippen LogP contribution < -0.4 is 0 Å². The molecule has 7 heteroatoms. The summed E-state index contributed by atoms with van der Waals surface area (Å²) in [5.74, 6) is 2.15. The number of unbranched alkanes of at least 4 members (excludes halogenated alkanes) is 1. The van der Waals surface area contributed by atoms with Crippen molar-refractivity contribution in [2.24, 2.45) is 0 Å². The van der Waals surface area contributed by atoms with Gasteiger partial charge in [0.15, 0.2) is 0 Å². The van der Waals surface area contributed by atoms with E-state index in [1.807, 2.05) is 6.33 Å². The van der Waals surface area contributed by atoms with Crippen molar-refractivity contribution in [2.75, 3.05) is 6.54 Å². The van der Waals surface area contributed by atoms with E-state index < -0.39 is 0 Å². The van der Waals surface area contributed by atoms with Gasteiger partial charge in [0.25, 0.3) is 0 Å². The molecule has 0 saturated carbocycles. The van der Waals surface area contributed by atoms with E-state index in [1.54, 1.807) is 6.33 Å². The number of benzene rings is 3. The van der Waals surface area contributed by atoms with Gasteiger partial charge in [0.2, 0.25) is 0 Å². The average Bonchev–Trinajstić information content (AvgIpc) is 3.65. The third kappa shape index (κ3) is 7.23. The molecule has 194 valence electrons. The van der Waals surface area contributed by atoms with E-state index in [0.29, 0.717) is 19.0 Å². The maximum absolute atomic E-state index is 4.49. The fourth-order valence-corrected chi connectivity index (χ4v) is 4.99. The monoisotopic (exact) mass is 505 g/mol. The summed E-state index contributed by atoms with van der Waals surface area (Å²) in [6, 6.07) is 32.2. The Morgan fingerprint density at radius 1 is 0.737 bits per heavy atom. The molecule has 0 amide bonds. The Labute approximate surface area is 224 Å². The van der Waals surface area contributed by atoms with Crippen LogP contribution in [-0.4, -0.2) is 41.4 Å². The van der Waals surface area contributed by atoms with Crippen LogP contribution in [0.25, 0.3) is 0 Å². The highest BCUT2D eigenvalue weighted by molar-refractivity contribution is 5.32. The molecule has 0 aliphatic rings. The van der Waals surface area contributed by atoms with Crippen LogP contribution in [0.4, 0.5) is 0 Å². The SMILES string of the molecule is c1ccc(CCCCn2cnnc2CN(CCC(c2ccccc2)c2ccccc2)Cc2nnc[nH]2)cc1. The quantitative estimate of drug-likeness (QED) is 0.198. The zero-order chi connectivity index (χ0) is 25.8. The number of aromatic nitrogens is 6. The molecule has 3 aromatic carbocycles. The smallest absolute Gasteiger partial charge is 0.147 e. The average molecular weight is 506 g/mol. The lowest BCUT2D eigenvalue weighted by Gasteiger charge is -2.25. The normalized spacial score (nSPS) is 11.4. The highest BCUT2D eigenvalue weighted by Gasteiger charge is 2.19. The molecular weight excluding hydrogens is 470 g/mol. The van der Waals surface area contributed by atoms with Crippen molar-refractivity contribution in [1.82, 2.24) is 34.8 Å². The molecule has 0 radical (unpaired) electrons. The van der Waals surface area contributed by atoms with Crippen molar-refractivity contribution in [3.8, 4) is 0 Å². The maximum atomic E-state index is 4.49. The zero-order valence-corrected chi connectivity index (χ0v) is 21.7. The molecule has 2 aromatic heterocycles. The lowest BCUT2D eigenvalue weighted by Crippen LogP contribution is -2.27. The van der Waals surface area contributed by atoms with Gasteiger partial charge in [0.1, 0.15) is 24.3 Å². The van der Waals surface area contributed by atoms with E-state index in [1.165, 1.54) is 16.7 Å². The van der Waals surface area contributed by atoms with Crippen LogP contribution in [-0.2, 0) is 26.1 Å². The first kappa shape index (κ1) is 25.5. The zero-order valence-electron chi connectivity index (χ0n) is 21.7. The molecule has 0 aliphatic carbocycles. The number of rotatable bonds is 14. The number of hydrogen-bond acceptors (Lipinski definition) is 5. The Hall–Kier alpha value is -4.10. The first-order valence-electron chi connectivity index (χ1n) is 13.4. The summed E-state index contributed by atoms with van der Waals surface area (Å²) in [5.41, 5.74) is 4.06. The first-order valence-corrected chi connectivity index (χ1v) is 13.4. The van der Waals surface area contributed by atoms with E-state index in [-0.39, 0.29) is 0 Å². The second kappa shape index (κ2) is 13.4. The number of aromatic amines is 1. The predicted octanol–water partition coefficient (Wildman–Crippen LogP) is 5.64. The third-order valence-electron chi connectivity index (χ3n) is 7.00. The van der Waals surface area contributed by atoms with Crippen molar-refractivity contribution in [2.45, 2.75) is 51.2 Å². The number of aryl methyl sites for hydroxylation is 2. The molecule has 0 bridgehead atoms. The fourth-order valence-electron chi connectivity index (χ4n) is 4.99. The van der Waals surface area contributed by atoms with Gasteiger partial charge in [-0.25, -0.2) is 0 Å². The molecule has 0 aliphatic heterocycles. The Bertz CT molecular complexity index is 1280. The summed E-state index contributed by atoms with van der Waals surface area (Å²) in [6.45, 7) is 3.19. The van der Waals surface area contributed by atoms with Gasteiger partial charge < -0.3 is 9.55 Å². The number of hydrogen-bond donors (Lipinski definition) is 1. The van der Waals surface area contributed by atoms with Crippen molar-refractivity contribution < 1.29 is 0 Å². The third-order valence-corrected chi connectivity index (χ3v) is 7.00. The molecule has 5 rings (SSSR count). The highest BCUT2D eigenvalue weighted by atomic mass is 15.3. The van der Waals surface area contributed by atoms with Gasteiger partial charge in [-0.1, -0.05) is 91.0 Å². The van der Waals surface area contributed by atoms with Gasteiger partial charge in [0.05, 0.1) is 13.1 Å². The second-order valence-electron chi connectivity index (χ2n) is 9.69. The second-order valence-corrected chi connectivity index (χ2v) is 9.69. The minimum atomic E-state index is 0.311. The van der Waals surface area contributed by atoms with E-state index in [9.17, 15) is 0 Å². The van der Waals surface area contributed by atoms with E-state index in [4.69, 9.17) is 0 Å². The van der Waals surface area contributed by atoms with Gasteiger partial charge >= 0.3 is 0 Å². The number of nitrogens with zero attached hydrogens (tertiary/aromatic N) is 6. The molecular formula is C31H35N7. The summed E-state index contributed by atoms with van der Waals surface area (Å²) in [4.78, 5) is 5.56. The van der Waals surface area contributed by atoms with E-state index in [0.717, 1.165) is 50.4 Å². The summed E-state index contributed by atoms with van der Waals surface area (Å²) in [7, 11) is 0. The highest BCUT2D eigenvalue weighted by Crippen LogP contribution is 2.28. The van der Waals surface area contributed by atoms with Crippen LogP contribution in [0.1, 0.15) is 53.5 Å². The molecule has 0 atom stereocenters. The molecule has 0 spiro atoms. The first-order chi connectivity index (χ1) is 18.8. The molecule has 0 unspecified atom stereocenters. The number of H-pyrrole nitrogens is 1. The lowest BCUT2D eigenvalue weighted by atomic mass is 9.88. The Balaban J connectivity index is 1.25. The van der Waals surface area contributed by atoms with Crippen LogP contribution in [0, 0.1) is 0 Å². The molecule has 5 aromatic rings. The lowest BCUT2D eigenvalue weighted by molar-refractivity contribution is 0.233. The van der Waals surface area contributed by atoms with Crippen LogP contribution >= 0.6 is 0 Å². The molecule has 38 heavy (non-hydrogen) atoms. The Kier molecular flexibility index (Phi) is 9.04.